The minimum absolute atomic E-state index is 0.130. The van der Waals surface area contributed by atoms with Crippen LogP contribution in [0.15, 0.2) is 66.7 Å². The van der Waals surface area contributed by atoms with Gasteiger partial charge in [0.25, 0.3) is 0 Å². The Kier molecular flexibility index (Phi) is 8.44. The normalized spacial score (nSPS) is 11.0. The molecule has 0 saturated carbocycles. The summed E-state index contributed by atoms with van der Waals surface area (Å²) in [4.78, 5) is 19.8. The van der Waals surface area contributed by atoms with Crippen LogP contribution in [0.4, 0.5) is 27.5 Å². The van der Waals surface area contributed by atoms with Crippen LogP contribution in [-0.4, -0.2) is 34.2 Å². The van der Waals surface area contributed by atoms with E-state index >= 15 is 0 Å². The molecule has 3 rings (SSSR count). The third-order valence-corrected chi connectivity index (χ3v) is 6.32. The maximum Gasteiger partial charge on any atom is 0.326 e. The Balaban J connectivity index is 1.99. The highest BCUT2D eigenvalue weighted by atomic mass is 16.2. The van der Waals surface area contributed by atoms with Crippen LogP contribution < -0.4 is 20.0 Å². The summed E-state index contributed by atoms with van der Waals surface area (Å²) in [7, 11) is 8.09. The van der Waals surface area contributed by atoms with Crippen molar-refractivity contribution in [1.82, 2.24) is 0 Å². The second kappa shape index (κ2) is 11.3. The molecule has 1 N–H and O–H groups in total. The number of hydrogen-bond acceptors (Lipinski definition) is 3. The van der Waals surface area contributed by atoms with Gasteiger partial charge in [-0.25, -0.2) is 4.79 Å². The van der Waals surface area contributed by atoms with Gasteiger partial charge >= 0.3 is 6.03 Å². The first-order valence-electron chi connectivity index (χ1n) is 12.3. The average Bonchev–Trinajstić information content (AvgIpc) is 2.82. The number of urea groups is 1. The van der Waals surface area contributed by atoms with E-state index < -0.39 is 0 Å². The Labute approximate surface area is 211 Å². The van der Waals surface area contributed by atoms with E-state index in [1.165, 1.54) is 0 Å². The molecule has 0 saturated heterocycles. The molecule has 0 aliphatic heterocycles. The molecule has 0 spiro atoms. The molecule has 0 bridgehead atoms. The maximum absolute atomic E-state index is 13.9. The van der Waals surface area contributed by atoms with Gasteiger partial charge in [-0.3, -0.25) is 4.90 Å². The van der Waals surface area contributed by atoms with Crippen LogP contribution in [0.25, 0.3) is 0 Å². The second-order valence-corrected chi connectivity index (χ2v) is 10.1. The molecular formula is C30H40N4O. The summed E-state index contributed by atoms with van der Waals surface area (Å²) in [5.41, 5.74) is 7.40. The van der Waals surface area contributed by atoms with Crippen LogP contribution >= 0.6 is 0 Å². The number of nitrogens with zero attached hydrogens (tertiary/aromatic N) is 3. The number of hydrogen-bond donors (Lipinski definition) is 1. The molecule has 5 heteroatoms. The molecule has 3 aromatic rings. The van der Waals surface area contributed by atoms with Crippen LogP contribution in [0, 0.1) is 0 Å². The number of carbonyl (C=O) groups excluding carboxylic acids is 1. The topological polar surface area (TPSA) is 38.8 Å². The van der Waals surface area contributed by atoms with Crippen LogP contribution in [-0.2, 0) is 6.54 Å². The first kappa shape index (κ1) is 26.1. The van der Waals surface area contributed by atoms with Crippen LogP contribution in [0.1, 0.15) is 56.2 Å². The van der Waals surface area contributed by atoms with E-state index in [0.29, 0.717) is 18.4 Å². The van der Waals surface area contributed by atoms with Gasteiger partial charge in [0.15, 0.2) is 0 Å². The molecule has 0 atom stereocenters. The minimum atomic E-state index is -0.130. The molecule has 0 fully saturated rings. The van der Waals surface area contributed by atoms with E-state index in [4.69, 9.17) is 0 Å². The maximum atomic E-state index is 13.9. The molecular weight excluding hydrogens is 432 g/mol. The van der Waals surface area contributed by atoms with Crippen molar-refractivity contribution in [3.05, 3.63) is 83.4 Å². The fraction of sp³-hybridized carbons (Fsp3) is 0.367. The number of rotatable bonds is 8. The number of amides is 2. The van der Waals surface area contributed by atoms with E-state index in [1.807, 2.05) is 57.4 Å². The standard InChI is InChI=1S/C30H40N4O/c1-21(2)27-10-9-11-28(22(3)4)29(27)31-30(35)34(26-18-16-25(17-19-26)33(7)8)20-23-12-14-24(15-13-23)32(5)6/h9-19,21-22H,20H2,1-8H3,(H,31,35). The first-order chi connectivity index (χ1) is 16.6. The Morgan fingerprint density at radius 1 is 0.686 bits per heavy atom. The molecule has 0 aromatic heterocycles. The molecule has 0 aliphatic rings. The predicted octanol–water partition coefficient (Wildman–Crippen LogP) is 7.30. The molecule has 5 nitrogen and oxygen atoms in total. The smallest absolute Gasteiger partial charge is 0.326 e. The highest BCUT2D eigenvalue weighted by molar-refractivity contribution is 6.02. The molecule has 2 amide bonds. The monoisotopic (exact) mass is 472 g/mol. The molecule has 35 heavy (non-hydrogen) atoms. The summed E-state index contributed by atoms with van der Waals surface area (Å²) in [5, 5.41) is 3.30. The summed E-state index contributed by atoms with van der Waals surface area (Å²) in [6, 6.07) is 22.7. The van der Waals surface area contributed by atoms with Crippen molar-refractivity contribution in [3.8, 4) is 0 Å². The van der Waals surface area contributed by atoms with E-state index in [9.17, 15) is 4.79 Å². The van der Waals surface area contributed by atoms with E-state index in [1.54, 1.807) is 0 Å². The van der Waals surface area contributed by atoms with Gasteiger partial charge in [0.2, 0.25) is 0 Å². The van der Waals surface area contributed by atoms with Crippen molar-refractivity contribution in [2.75, 3.05) is 48.2 Å². The predicted molar refractivity (Wildman–Crippen MR) is 151 cm³/mol. The van der Waals surface area contributed by atoms with Crippen molar-refractivity contribution >= 4 is 28.8 Å². The van der Waals surface area contributed by atoms with Crippen LogP contribution in [0.5, 0.6) is 0 Å². The molecule has 0 radical (unpaired) electrons. The Bertz CT molecular complexity index is 1090. The summed E-state index contributed by atoms with van der Waals surface area (Å²) >= 11 is 0. The molecule has 0 unspecified atom stereocenters. The average molecular weight is 473 g/mol. The summed E-state index contributed by atoms with van der Waals surface area (Å²) in [6.07, 6.45) is 0. The third kappa shape index (κ3) is 6.36. The second-order valence-electron chi connectivity index (χ2n) is 10.1. The Morgan fingerprint density at radius 2 is 1.11 bits per heavy atom. The lowest BCUT2D eigenvalue weighted by Crippen LogP contribution is -2.35. The lowest BCUT2D eigenvalue weighted by atomic mass is 9.93. The first-order valence-corrected chi connectivity index (χ1v) is 12.3. The number of nitrogens with one attached hydrogen (secondary N) is 1. The van der Waals surface area contributed by atoms with E-state index in [0.717, 1.165) is 39.4 Å². The zero-order valence-electron chi connectivity index (χ0n) is 22.5. The summed E-state index contributed by atoms with van der Waals surface area (Å²) in [5.74, 6) is 0.603. The molecule has 0 aliphatic carbocycles. The SMILES string of the molecule is CC(C)c1cccc(C(C)C)c1NC(=O)N(Cc1ccc(N(C)C)cc1)c1ccc(N(C)C)cc1. The largest absolute Gasteiger partial charge is 0.378 e. The lowest BCUT2D eigenvalue weighted by molar-refractivity contribution is 0.256. The molecule has 186 valence electrons. The minimum Gasteiger partial charge on any atom is -0.378 e. The Hall–Kier alpha value is -3.47. The van der Waals surface area contributed by atoms with E-state index in [-0.39, 0.29) is 6.03 Å². The number of carbonyl (C=O) groups is 1. The van der Waals surface area contributed by atoms with Crippen molar-refractivity contribution < 1.29 is 4.79 Å². The van der Waals surface area contributed by atoms with Crippen molar-refractivity contribution in [1.29, 1.82) is 0 Å². The zero-order chi connectivity index (χ0) is 25.7. The number of benzene rings is 3. The fourth-order valence-electron chi connectivity index (χ4n) is 4.16. The van der Waals surface area contributed by atoms with Gasteiger partial charge < -0.3 is 15.1 Å². The molecule has 0 heterocycles. The van der Waals surface area contributed by atoms with Gasteiger partial charge in [0, 0.05) is 50.9 Å². The quantitative estimate of drug-likeness (QED) is 0.374. The van der Waals surface area contributed by atoms with Crippen molar-refractivity contribution in [3.63, 3.8) is 0 Å². The highest BCUT2D eigenvalue weighted by Crippen LogP contribution is 2.33. The summed E-state index contributed by atoms with van der Waals surface area (Å²) < 4.78 is 0. The third-order valence-electron chi connectivity index (χ3n) is 6.32. The van der Waals surface area contributed by atoms with Gasteiger partial charge in [-0.1, -0.05) is 58.0 Å². The lowest BCUT2D eigenvalue weighted by Gasteiger charge is -2.27. The number of para-hydroxylation sites is 1. The van der Waals surface area contributed by atoms with Crippen molar-refractivity contribution in [2.24, 2.45) is 0 Å². The fourth-order valence-corrected chi connectivity index (χ4v) is 4.16. The van der Waals surface area contributed by atoms with Crippen LogP contribution in [0.2, 0.25) is 0 Å². The number of anilines is 4. The van der Waals surface area contributed by atoms with Gasteiger partial charge in [-0.05, 0) is 64.9 Å². The van der Waals surface area contributed by atoms with Crippen LogP contribution in [0.3, 0.4) is 0 Å². The van der Waals surface area contributed by atoms with Gasteiger partial charge in [-0.2, -0.15) is 0 Å². The Morgan fingerprint density at radius 3 is 1.54 bits per heavy atom. The zero-order valence-corrected chi connectivity index (χ0v) is 22.5. The van der Waals surface area contributed by atoms with Gasteiger partial charge in [0.05, 0.1) is 6.54 Å². The summed E-state index contributed by atoms with van der Waals surface area (Å²) in [6.45, 7) is 9.14. The van der Waals surface area contributed by atoms with Crippen molar-refractivity contribution in [2.45, 2.75) is 46.1 Å². The van der Waals surface area contributed by atoms with Gasteiger partial charge in [0.1, 0.15) is 0 Å². The molecule has 3 aromatic carbocycles. The highest BCUT2D eigenvalue weighted by Gasteiger charge is 2.21. The van der Waals surface area contributed by atoms with Gasteiger partial charge in [-0.15, -0.1) is 0 Å². The van der Waals surface area contributed by atoms with E-state index in [2.05, 4.69) is 85.3 Å².